The first-order chi connectivity index (χ1) is 10.0. The van der Waals surface area contributed by atoms with Gasteiger partial charge in [-0.15, -0.1) is 0 Å². The zero-order valence-corrected chi connectivity index (χ0v) is 12.1. The molecule has 7 heteroatoms. The Morgan fingerprint density at radius 3 is 2.76 bits per heavy atom. The van der Waals surface area contributed by atoms with Gasteiger partial charge in [0.1, 0.15) is 5.82 Å². The number of benzene rings is 1. The molecule has 1 aromatic heterocycles. The SMILES string of the molecule is NCc1ccc(F)cc1S(=O)(=O)NCCc1cccnc1. The van der Waals surface area contributed by atoms with Crippen LogP contribution < -0.4 is 10.5 Å². The molecule has 2 rings (SSSR count). The lowest BCUT2D eigenvalue weighted by Crippen LogP contribution is -2.27. The number of pyridine rings is 1. The first-order valence-corrected chi connectivity index (χ1v) is 7.88. The summed E-state index contributed by atoms with van der Waals surface area (Å²) in [4.78, 5) is 3.84. The highest BCUT2D eigenvalue weighted by atomic mass is 32.2. The number of sulfonamides is 1. The third kappa shape index (κ3) is 4.07. The standard InChI is InChI=1S/C14H16FN3O2S/c15-13-4-3-12(9-16)14(8-13)21(19,20)18-7-5-11-2-1-6-17-10-11/h1-4,6,8,10,18H,5,7,9,16H2. The molecular formula is C14H16FN3O2S. The molecule has 0 spiro atoms. The van der Waals surface area contributed by atoms with Crippen LogP contribution in [0.1, 0.15) is 11.1 Å². The number of halogens is 1. The Morgan fingerprint density at radius 2 is 2.10 bits per heavy atom. The summed E-state index contributed by atoms with van der Waals surface area (Å²) in [5, 5.41) is 0. The van der Waals surface area contributed by atoms with Crippen molar-refractivity contribution in [3.05, 3.63) is 59.7 Å². The number of nitrogens with one attached hydrogen (secondary N) is 1. The summed E-state index contributed by atoms with van der Waals surface area (Å²) in [5.41, 5.74) is 6.79. The fraction of sp³-hybridized carbons (Fsp3) is 0.214. The lowest BCUT2D eigenvalue weighted by molar-refractivity contribution is 0.576. The summed E-state index contributed by atoms with van der Waals surface area (Å²) in [6, 6.07) is 7.19. The summed E-state index contributed by atoms with van der Waals surface area (Å²) >= 11 is 0. The highest BCUT2D eigenvalue weighted by molar-refractivity contribution is 7.89. The van der Waals surface area contributed by atoms with E-state index in [0.29, 0.717) is 12.0 Å². The topological polar surface area (TPSA) is 85.1 Å². The third-order valence-corrected chi connectivity index (χ3v) is 4.51. The molecule has 0 amide bonds. The summed E-state index contributed by atoms with van der Waals surface area (Å²) in [6.45, 7) is 0.230. The van der Waals surface area contributed by atoms with Crippen molar-refractivity contribution >= 4 is 10.0 Å². The lowest BCUT2D eigenvalue weighted by atomic mass is 10.2. The molecule has 5 nitrogen and oxygen atoms in total. The maximum Gasteiger partial charge on any atom is 0.241 e. The van der Waals surface area contributed by atoms with Crippen LogP contribution in [0.5, 0.6) is 0 Å². The third-order valence-electron chi connectivity index (χ3n) is 2.97. The average Bonchev–Trinajstić information content (AvgIpc) is 2.48. The van der Waals surface area contributed by atoms with Crippen molar-refractivity contribution in [1.29, 1.82) is 0 Å². The Labute approximate surface area is 123 Å². The molecule has 0 bridgehead atoms. The number of nitrogens with zero attached hydrogens (tertiary/aromatic N) is 1. The maximum absolute atomic E-state index is 13.3. The van der Waals surface area contributed by atoms with Crippen LogP contribution in [0.4, 0.5) is 4.39 Å². The second-order valence-corrected chi connectivity index (χ2v) is 6.20. The smallest absolute Gasteiger partial charge is 0.241 e. The second-order valence-electron chi connectivity index (χ2n) is 4.47. The van der Waals surface area contributed by atoms with E-state index in [1.807, 2.05) is 6.07 Å². The summed E-state index contributed by atoms with van der Waals surface area (Å²) in [7, 11) is -3.79. The van der Waals surface area contributed by atoms with E-state index in [4.69, 9.17) is 5.73 Å². The Bertz CT molecular complexity index is 705. The molecule has 0 aliphatic rings. The van der Waals surface area contributed by atoms with Crippen LogP contribution in [-0.4, -0.2) is 19.9 Å². The highest BCUT2D eigenvalue weighted by Crippen LogP contribution is 2.16. The molecule has 3 N–H and O–H groups in total. The summed E-state index contributed by atoms with van der Waals surface area (Å²) < 4.78 is 40.1. The van der Waals surface area contributed by atoms with Gasteiger partial charge < -0.3 is 5.73 Å². The Balaban J connectivity index is 2.10. The largest absolute Gasteiger partial charge is 0.326 e. The van der Waals surface area contributed by atoms with Gasteiger partial charge in [0.25, 0.3) is 0 Å². The molecule has 0 saturated heterocycles. The van der Waals surface area contributed by atoms with Crippen LogP contribution in [0.25, 0.3) is 0 Å². The van der Waals surface area contributed by atoms with Gasteiger partial charge in [-0.25, -0.2) is 17.5 Å². The Kier molecular flexibility index (Phi) is 5.00. The molecule has 0 atom stereocenters. The van der Waals surface area contributed by atoms with Gasteiger partial charge >= 0.3 is 0 Å². The van der Waals surface area contributed by atoms with Gasteiger partial charge in [0.05, 0.1) is 4.90 Å². The Morgan fingerprint density at radius 1 is 1.29 bits per heavy atom. The van der Waals surface area contributed by atoms with Crippen LogP contribution in [0, 0.1) is 5.82 Å². The van der Waals surface area contributed by atoms with Crippen LogP contribution in [0.3, 0.4) is 0 Å². The predicted octanol–water partition coefficient (Wildman–Crippen LogP) is 1.20. The van der Waals surface area contributed by atoms with E-state index in [1.54, 1.807) is 18.5 Å². The number of hydrogen-bond acceptors (Lipinski definition) is 4. The number of aromatic nitrogens is 1. The minimum atomic E-state index is -3.79. The monoisotopic (exact) mass is 309 g/mol. The minimum absolute atomic E-state index is 0.0269. The molecule has 21 heavy (non-hydrogen) atoms. The molecule has 0 unspecified atom stereocenters. The molecule has 112 valence electrons. The van der Waals surface area contributed by atoms with E-state index in [1.165, 1.54) is 12.1 Å². The molecule has 1 heterocycles. The van der Waals surface area contributed by atoms with E-state index >= 15 is 0 Å². The summed E-state index contributed by atoms with van der Waals surface area (Å²) in [6.07, 6.45) is 3.82. The van der Waals surface area contributed by atoms with Crippen molar-refractivity contribution in [2.24, 2.45) is 5.73 Å². The maximum atomic E-state index is 13.3. The highest BCUT2D eigenvalue weighted by Gasteiger charge is 2.18. The van der Waals surface area contributed by atoms with Crippen molar-refractivity contribution < 1.29 is 12.8 Å². The van der Waals surface area contributed by atoms with E-state index < -0.39 is 15.8 Å². The summed E-state index contributed by atoms with van der Waals surface area (Å²) in [5.74, 6) is -0.611. The first-order valence-electron chi connectivity index (χ1n) is 6.40. The van der Waals surface area contributed by atoms with Crippen molar-refractivity contribution in [2.45, 2.75) is 17.9 Å². The van der Waals surface area contributed by atoms with Gasteiger partial charge in [-0.2, -0.15) is 0 Å². The van der Waals surface area contributed by atoms with E-state index in [9.17, 15) is 12.8 Å². The van der Waals surface area contributed by atoms with Crippen molar-refractivity contribution in [1.82, 2.24) is 9.71 Å². The quantitative estimate of drug-likeness (QED) is 0.839. The molecule has 0 aliphatic carbocycles. The number of nitrogens with two attached hydrogens (primary N) is 1. The van der Waals surface area contributed by atoms with Gasteiger partial charge in [-0.05, 0) is 35.7 Å². The van der Waals surface area contributed by atoms with Crippen molar-refractivity contribution in [2.75, 3.05) is 6.54 Å². The molecule has 0 aliphatic heterocycles. The molecule has 0 saturated carbocycles. The second kappa shape index (κ2) is 6.75. The minimum Gasteiger partial charge on any atom is -0.326 e. The normalized spacial score (nSPS) is 11.5. The van der Waals surface area contributed by atoms with Crippen LogP contribution in [0.15, 0.2) is 47.6 Å². The Hall–Kier alpha value is -1.83. The van der Waals surface area contributed by atoms with Gasteiger partial charge in [0.2, 0.25) is 10.0 Å². The van der Waals surface area contributed by atoms with E-state index in [2.05, 4.69) is 9.71 Å². The van der Waals surface area contributed by atoms with Crippen LogP contribution >= 0.6 is 0 Å². The zero-order valence-electron chi connectivity index (χ0n) is 11.3. The van der Waals surface area contributed by atoms with Gasteiger partial charge in [-0.3, -0.25) is 4.98 Å². The van der Waals surface area contributed by atoms with Crippen molar-refractivity contribution in [3.63, 3.8) is 0 Å². The van der Waals surface area contributed by atoms with E-state index in [0.717, 1.165) is 11.6 Å². The van der Waals surface area contributed by atoms with Gasteiger partial charge in [0.15, 0.2) is 0 Å². The van der Waals surface area contributed by atoms with Crippen molar-refractivity contribution in [3.8, 4) is 0 Å². The van der Waals surface area contributed by atoms with Gasteiger partial charge in [0, 0.05) is 25.5 Å². The molecule has 2 aromatic rings. The molecular weight excluding hydrogens is 293 g/mol. The van der Waals surface area contributed by atoms with E-state index in [-0.39, 0.29) is 18.0 Å². The average molecular weight is 309 g/mol. The lowest BCUT2D eigenvalue weighted by Gasteiger charge is -2.10. The zero-order chi connectivity index (χ0) is 15.3. The van der Waals surface area contributed by atoms with Crippen LogP contribution in [0.2, 0.25) is 0 Å². The molecule has 0 fully saturated rings. The molecule has 0 radical (unpaired) electrons. The fourth-order valence-corrected chi connectivity index (χ4v) is 3.19. The number of hydrogen-bond donors (Lipinski definition) is 2. The van der Waals surface area contributed by atoms with Crippen LogP contribution in [-0.2, 0) is 23.0 Å². The number of rotatable bonds is 6. The van der Waals surface area contributed by atoms with Gasteiger partial charge in [-0.1, -0.05) is 12.1 Å². The fourth-order valence-electron chi connectivity index (χ4n) is 1.90. The molecule has 1 aromatic carbocycles. The predicted molar refractivity (Wildman–Crippen MR) is 77.4 cm³/mol. The first kappa shape index (κ1) is 15.6.